The minimum Gasteiger partial charge on any atom is -0.381 e. The number of rotatable bonds is 11. The first-order chi connectivity index (χ1) is 7.83. The maximum atomic E-state index is 5.95. The van der Waals surface area contributed by atoms with E-state index < -0.39 is 0 Å². The van der Waals surface area contributed by atoms with Gasteiger partial charge in [-0.15, -0.1) is 0 Å². The summed E-state index contributed by atoms with van der Waals surface area (Å²) in [6.07, 6.45) is 7.49. The molecule has 1 saturated carbocycles. The summed E-state index contributed by atoms with van der Waals surface area (Å²) in [4.78, 5) is 0. The van der Waals surface area contributed by atoms with Gasteiger partial charge in [0, 0.05) is 25.8 Å². The van der Waals surface area contributed by atoms with E-state index >= 15 is 0 Å². The van der Waals surface area contributed by atoms with Crippen molar-refractivity contribution in [1.29, 1.82) is 0 Å². The van der Waals surface area contributed by atoms with Crippen LogP contribution in [0, 0.1) is 5.92 Å². The molecule has 0 aromatic heterocycles. The van der Waals surface area contributed by atoms with Crippen LogP contribution in [0.5, 0.6) is 0 Å². The Balaban J connectivity index is 1.72. The number of ether oxygens (including phenoxy) is 1. The predicted molar refractivity (Wildman–Crippen MR) is 68.5 cm³/mol. The molecule has 3 N–H and O–H groups in total. The van der Waals surface area contributed by atoms with E-state index in [4.69, 9.17) is 10.5 Å². The summed E-state index contributed by atoms with van der Waals surface area (Å²) in [5.41, 5.74) is 5.95. The molecule has 0 spiro atoms. The monoisotopic (exact) mass is 228 g/mol. The summed E-state index contributed by atoms with van der Waals surface area (Å²) in [6, 6.07) is 0.326. The van der Waals surface area contributed by atoms with Gasteiger partial charge in [-0.2, -0.15) is 0 Å². The second kappa shape index (κ2) is 8.97. The lowest BCUT2D eigenvalue weighted by Gasteiger charge is -2.12. The molecule has 0 aliphatic heterocycles. The Morgan fingerprint density at radius 1 is 1.38 bits per heavy atom. The number of hydrogen-bond acceptors (Lipinski definition) is 3. The zero-order chi connectivity index (χ0) is 11.6. The van der Waals surface area contributed by atoms with Gasteiger partial charge in [-0.1, -0.05) is 19.8 Å². The summed E-state index contributed by atoms with van der Waals surface area (Å²) in [7, 11) is 0. The highest BCUT2D eigenvalue weighted by Gasteiger charge is 2.20. The summed E-state index contributed by atoms with van der Waals surface area (Å²) >= 11 is 0. The summed E-state index contributed by atoms with van der Waals surface area (Å²) in [6.45, 7) is 6.06. The first-order valence-electron chi connectivity index (χ1n) is 6.87. The van der Waals surface area contributed by atoms with Crippen LogP contribution in [-0.4, -0.2) is 32.3 Å². The normalized spacial score (nSPS) is 17.6. The minimum absolute atomic E-state index is 0.326. The Bertz CT molecular complexity index is 160. The topological polar surface area (TPSA) is 47.3 Å². The van der Waals surface area contributed by atoms with Gasteiger partial charge in [-0.05, 0) is 38.1 Å². The van der Waals surface area contributed by atoms with Crippen molar-refractivity contribution in [2.75, 3.05) is 26.3 Å². The van der Waals surface area contributed by atoms with Gasteiger partial charge < -0.3 is 15.8 Å². The van der Waals surface area contributed by atoms with Crippen LogP contribution in [0.2, 0.25) is 0 Å². The lowest BCUT2D eigenvalue weighted by atomic mass is 10.1. The van der Waals surface area contributed by atoms with E-state index in [0.29, 0.717) is 6.04 Å². The molecule has 1 atom stereocenters. The van der Waals surface area contributed by atoms with Crippen LogP contribution in [0.15, 0.2) is 0 Å². The molecule has 0 radical (unpaired) electrons. The van der Waals surface area contributed by atoms with Crippen LogP contribution in [0.25, 0.3) is 0 Å². The van der Waals surface area contributed by atoms with Gasteiger partial charge in [-0.3, -0.25) is 0 Å². The smallest absolute Gasteiger partial charge is 0.0494 e. The van der Waals surface area contributed by atoms with Crippen molar-refractivity contribution >= 4 is 0 Å². The molecule has 3 nitrogen and oxygen atoms in total. The average molecular weight is 228 g/mol. The third-order valence-corrected chi connectivity index (χ3v) is 3.03. The fourth-order valence-corrected chi connectivity index (χ4v) is 1.69. The van der Waals surface area contributed by atoms with Gasteiger partial charge in [-0.25, -0.2) is 0 Å². The van der Waals surface area contributed by atoms with E-state index in [-0.39, 0.29) is 0 Å². The van der Waals surface area contributed by atoms with Crippen molar-refractivity contribution in [2.45, 2.75) is 51.5 Å². The molecule has 0 amide bonds. The lowest BCUT2D eigenvalue weighted by Crippen LogP contribution is -2.34. The Labute approximate surface area is 100 Å². The first-order valence-corrected chi connectivity index (χ1v) is 6.87. The number of nitrogens with two attached hydrogens (primary N) is 1. The van der Waals surface area contributed by atoms with Crippen LogP contribution in [0.3, 0.4) is 0 Å². The van der Waals surface area contributed by atoms with Gasteiger partial charge in [0.1, 0.15) is 0 Å². The predicted octanol–water partition coefficient (Wildman–Crippen LogP) is 1.91. The third kappa shape index (κ3) is 8.08. The largest absolute Gasteiger partial charge is 0.381 e. The molecule has 96 valence electrons. The van der Waals surface area contributed by atoms with Crippen molar-refractivity contribution in [3.05, 3.63) is 0 Å². The number of unbranched alkanes of at least 4 members (excludes halogenated alkanes) is 1. The van der Waals surface area contributed by atoms with E-state index in [9.17, 15) is 0 Å². The van der Waals surface area contributed by atoms with Gasteiger partial charge in [0.15, 0.2) is 0 Å². The molecule has 1 rings (SSSR count). The molecule has 0 saturated heterocycles. The summed E-state index contributed by atoms with van der Waals surface area (Å²) in [5.74, 6) is 0.885. The molecule has 0 heterocycles. The van der Waals surface area contributed by atoms with E-state index in [0.717, 1.165) is 45.1 Å². The van der Waals surface area contributed by atoms with Crippen LogP contribution in [-0.2, 0) is 4.74 Å². The summed E-state index contributed by atoms with van der Waals surface area (Å²) in [5, 5.41) is 3.39. The molecular formula is C13H28N2O. The molecular weight excluding hydrogens is 200 g/mol. The molecule has 16 heavy (non-hydrogen) atoms. The standard InChI is InChI=1S/C13H28N2O/c1-2-3-5-13(14)10-15-8-4-9-16-11-12-6-7-12/h12-13,15H,2-11,14H2,1H3. The summed E-state index contributed by atoms with van der Waals surface area (Å²) < 4.78 is 5.56. The fraction of sp³-hybridized carbons (Fsp3) is 1.00. The number of hydrogen-bond donors (Lipinski definition) is 2. The van der Waals surface area contributed by atoms with Gasteiger partial charge in [0.25, 0.3) is 0 Å². The second-order valence-corrected chi connectivity index (χ2v) is 4.98. The van der Waals surface area contributed by atoms with Crippen LogP contribution >= 0.6 is 0 Å². The average Bonchev–Trinajstić information content (AvgIpc) is 3.09. The van der Waals surface area contributed by atoms with Crippen LogP contribution in [0.1, 0.15) is 45.4 Å². The Kier molecular flexibility index (Phi) is 7.81. The third-order valence-electron chi connectivity index (χ3n) is 3.03. The lowest BCUT2D eigenvalue weighted by molar-refractivity contribution is 0.122. The van der Waals surface area contributed by atoms with Crippen molar-refractivity contribution in [3.63, 3.8) is 0 Å². The zero-order valence-corrected chi connectivity index (χ0v) is 10.7. The molecule has 3 heteroatoms. The van der Waals surface area contributed by atoms with Gasteiger partial charge >= 0.3 is 0 Å². The number of nitrogens with one attached hydrogen (secondary N) is 1. The van der Waals surface area contributed by atoms with E-state index in [1.54, 1.807) is 0 Å². The van der Waals surface area contributed by atoms with Crippen molar-refractivity contribution in [3.8, 4) is 0 Å². The molecule has 0 aromatic rings. The zero-order valence-electron chi connectivity index (χ0n) is 10.7. The highest BCUT2D eigenvalue weighted by molar-refractivity contribution is 4.71. The maximum Gasteiger partial charge on any atom is 0.0494 e. The molecule has 1 unspecified atom stereocenters. The molecule has 0 aromatic carbocycles. The Morgan fingerprint density at radius 3 is 2.88 bits per heavy atom. The molecule has 0 bridgehead atoms. The molecule has 1 fully saturated rings. The van der Waals surface area contributed by atoms with Crippen molar-refractivity contribution < 1.29 is 4.74 Å². The minimum atomic E-state index is 0.326. The van der Waals surface area contributed by atoms with E-state index in [1.807, 2.05) is 0 Å². The van der Waals surface area contributed by atoms with Crippen LogP contribution < -0.4 is 11.1 Å². The second-order valence-electron chi connectivity index (χ2n) is 4.98. The van der Waals surface area contributed by atoms with E-state index in [1.165, 1.54) is 25.7 Å². The Hall–Kier alpha value is -0.120. The van der Waals surface area contributed by atoms with E-state index in [2.05, 4.69) is 12.2 Å². The first kappa shape index (κ1) is 13.9. The molecule has 1 aliphatic carbocycles. The Morgan fingerprint density at radius 2 is 2.19 bits per heavy atom. The SMILES string of the molecule is CCCCC(N)CNCCCOCC1CC1. The fourth-order valence-electron chi connectivity index (χ4n) is 1.69. The van der Waals surface area contributed by atoms with Gasteiger partial charge in [0.05, 0.1) is 0 Å². The van der Waals surface area contributed by atoms with Crippen molar-refractivity contribution in [2.24, 2.45) is 11.7 Å². The van der Waals surface area contributed by atoms with Crippen LogP contribution in [0.4, 0.5) is 0 Å². The quantitative estimate of drug-likeness (QED) is 0.531. The highest BCUT2D eigenvalue weighted by atomic mass is 16.5. The highest BCUT2D eigenvalue weighted by Crippen LogP contribution is 2.28. The molecule has 1 aliphatic rings. The van der Waals surface area contributed by atoms with Gasteiger partial charge in [0.2, 0.25) is 0 Å². The maximum absolute atomic E-state index is 5.95. The van der Waals surface area contributed by atoms with Crippen molar-refractivity contribution in [1.82, 2.24) is 5.32 Å².